The summed E-state index contributed by atoms with van der Waals surface area (Å²) in [5.41, 5.74) is 10.6. The Morgan fingerprint density at radius 3 is 2.72 bits per heavy atom. The summed E-state index contributed by atoms with van der Waals surface area (Å²) in [6.45, 7) is 5.37. The lowest BCUT2D eigenvalue weighted by Gasteiger charge is -2.26. The Bertz CT molecular complexity index is 1390. The maximum atomic E-state index is 9.68. The molecule has 1 unspecified atom stereocenters. The molecule has 0 aliphatic carbocycles. The molecule has 1 aliphatic heterocycles. The van der Waals surface area contributed by atoms with Crippen molar-refractivity contribution in [3.63, 3.8) is 0 Å². The highest BCUT2D eigenvalue weighted by molar-refractivity contribution is 7.98. The third kappa shape index (κ3) is 5.17. The quantitative estimate of drug-likeness (QED) is 0.283. The van der Waals surface area contributed by atoms with E-state index in [9.17, 15) is 5.26 Å². The summed E-state index contributed by atoms with van der Waals surface area (Å²) in [5.74, 6) is 0.555. The summed E-state index contributed by atoms with van der Waals surface area (Å²) >= 11 is 1.67. The summed E-state index contributed by atoms with van der Waals surface area (Å²) in [4.78, 5) is 7.82. The van der Waals surface area contributed by atoms with Gasteiger partial charge >= 0.3 is 0 Å². The van der Waals surface area contributed by atoms with Crippen LogP contribution in [0.4, 0.5) is 0 Å². The Morgan fingerprint density at radius 2 is 2.06 bits per heavy atom. The van der Waals surface area contributed by atoms with Crippen LogP contribution in [-0.4, -0.2) is 45.6 Å². The monoisotopic (exact) mass is 499 g/mol. The molecule has 1 atom stereocenters. The number of aliphatic imine (C=N–C) groups is 1. The van der Waals surface area contributed by atoms with Crippen LogP contribution in [0.3, 0.4) is 0 Å². The molecule has 0 amide bonds. The molecule has 36 heavy (non-hydrogen) atoms. The number of nitrogens with two attached hydrogens (primary N) is 1. The van der Waals surface area contributed by atoms with Crippen molar-refractivity contribution in [1.29, 1.82) is 10.5 Å². The molecule has 0 saturated carbocycles. The Balaban J connectivity index is 1.70. The average molecular weight is 500 g/mol. The van der Waals surface area contributed by atoms with Gasteiger partial charge in [-0.1, -0.05) is 18.2 Å². The zero-order valence-corrected chi connectivity index (χ0v) is 21.5. The second kappa shape index (κ2) is 11.2. The molecule has 0 bridgehead atoms. The molecule has 3 heterocycles. The number of hydrogen-bond donors (Lipinski definition) is 1. The van der Waals surface area contributed by atoms with Gasteiger partial charge in [0.25, 0.3) is 0 Å². The Kier molecular flexibility index (Phi) is 7.82. The van der Waals surface area contributed by atoms with Crippen LogP contribution in [0.2, 0.25) is 0 Å². The van der Waals surface area contributed by atoms with Crippen molar-refractivity contribution < 1.29 is 4.74 Å². The number of aromatic nitrogens is 2. The van der Waals surface area contributed by atoms with Crippen molar-refractivity contribution in [2.45, 2.75) is 43.7 Å². The van der Waals surface area contributed by atoms with Gasteiger partial charge in [-0.2, -0.15) is 15.6 Å². The first kappa shape index (κ1) is 25.2. The minimum Gasteiger partial charge on any atom is -0.484 e. The maximum Gasteiger partial charge on any atom is 0.179 e. The van der Waals surface area contributed by atoms with E-state index in [0.717, 1.165) is 40.1 Å². The topological polar surface area (TPSA) is 116 Å². The molecule has 184 valence electrons. The fraction of sp³-hybridized carbons (Fsp3) is 0.333. The first-order valence-electron chi connectivity index (χ1n) is 11.8. The van der Waals surface area contributed by atoms with E-state index in [4.69, 9.17) is 20.7 Å². The van der Waals surface area contributed by atoms with E-state index >= 15 is 0 Å². The summed E-state index contributed by atoms with van der Waals surface area (Å²) in [5, 5.41) is 23.2. The smallest absolute Gasteiger partial charge is 0.179 e. The largest absolute Gasteiger partial charge is 0.484 e. The lowest BCUT2D eigenvalue weighted by molar-refractivity contribution is 0.226. The van der Waals surface area contributed by atoms with Crippen LogP contribution in [0.1, 0.15) is 49.5 Å². The third-order valence-corrected chi connectivity index (χ3v) is 7.24. The second-order valence-electron chi connectivity index (χ2n) is 8.67. The van der Waals surface area contributed by atoms with Crippen molar-refractivity contribution in [3.8, 4) is 18.0 Å². The SMILES string of the molecule is CSc1ccccc1C(C)Oc1cc(/C(=C/N)C(C)=NC2CCN(C#N)CC2)cn2ncc(C#N)c12. The number of pyridine rings is 1. The molecule has 1 saturated heterocycles. The van der Waals surface area contributed by atoms with E-state index in [1.807, 2.05) is 44.5 Å². The number of hydrogen-bond acceptors (Lipinski definition) is 8. The van der Waals surface area contributed by atoms with Crippen LogP contribution in [0, 0.1) is 22.8 Å². The predicted octanol–water partition coefficient (Wildman–Crippen LogP) is 4.77. The first-order valence-corrected chi connectivity index (χ1v) is 13.0. The van der Waals surface area contributed by atoms with Gasteiger partial charge < -0.3 is 15.4 Å². The number of fused-ring (bicyclic) bond motifs is 1. The molecule has 4 rings (SSSR count). The van der Waals surface area contributed by atoms with E-state index in [-0.39, 0.29) is 12.1 Å². The summed E-state index contributed by atoms with van der Waals surface area (Å²) in [6.07, 6.45) is 10.6. The lowest BCUT2D eigenvalue weighted by atomic mass is 10.0. The highest BCUT2D eigenvalue weighted by atomic mass is 32.2. The van der Waals surface area contributed by atoms with Crippen LogP contribution < -0.4 is 10.5 Å². The standard InChI is InChI=1S/C27H29N7OS/c1-18(32-22-8-10-33(17-30)11-9-22)24(14-29)20-12-25(27-21(13-28)15-31-34(27)16-20)35-19(2)23-6-4-5-7-26(23)36-3/h4-7,12,14-16,19,22H,8-11,29H2,1-3H3/b24-14+,32-18?. The van der Waals surface area contributed by atoms with Crippen LogP contribution in [0.5, 0.6) is 5.75 Å². The summed E-state index contributed by atoms with van der Waals surface area (Å²) in [6, 6.07) is 12.4. The van der Waals surface area contributed by atoms with Crippen molar-refractivity contribution in [2.75, 3.05) is 19.3 Å². The van der Waals surface area contributed by atoms with E-state index in [1.54, 1.807) is 33.6 Å². The zero-order chi connectivity index (χ0) is 25.7. The van der Waals surface area contributed by atoms with Crippen molar-refractivity contribution >= 4 is 28.6 Å². The Morgan fingerprint density at radius 1 is 1.31 bits per heavy atom. The molecule has 0 radical (unpaired) electrons. The van der Waals surface area contributed by atoms with Gasteiger partial charge in [-0.3, -0.25) is 4.99 Å². The van der Waals surface area contributed by atoms with Gasteiger partial charge in [-0.15, -0.1) is 11.8 Å². The van der Waals surface area contributed by atoms with E-state index in [1.165, 1.54) is 0 Å². The molecule has 9 heteroatoms. The van der Waals surface area contributed by atoms with Crippen LogP contribution in [0.15, 0.2) is 58.8 Å². The molecule has 2 aromatic heterocycles. The highest BCUT2D eigenvalue weighted by Gasteiger charge is 2.21. The molecule has 1 aromatic carbocycles. The normalized spacial score (nSPS) is 16.0. The third-order valence-electron chi connectivity index (χ3n) is 6.43. The molecule has 1 aliphatic rings. The van der Waals surface area contributed by atoms with Gasteiger partial charge in [0.15, 0.2) is 6.19 Å². The van der Waals surface area contributed by atoms with Gasteiger partial charge in [0.1, 0.15) is 29.0 Å². The number of rotatable bonds is 7. The second-order valence-corrected chi connectivity index (χ2v) is 9.52. The number of thioether (sulfide) groups is 1. The lowest BCUT2D eigenvalue weighted by Crippen LogP contribution is -2.32. The predicted molar refractivity (Wildman–Crippen MR) is 143 cm³/mol. The number of benzene rings is 1. The minimum absolute atomic E-state index is 0.141. The van der Waals surface area contributed by atoms with Crippen molar-refractivity contribution in [1.82, 2.24) is 14.5 Å². The summed E-state index contributed by atoms with van der Waals surface area (Å²) < 4.78 is 8.14. The number of nitriles is 2. The first-order chi connectivity index (χ1) is 17.5. The molecule has 8 nitrogen and oxygen atoms in total. The molecule has 1 fully saturated rings. The van der Waals surface area contributed by atoms with Gasteiger partial charge in [-0.05, 0) is 45.1 Å². The van der Waals surface area contributed by atoms with Gasteiger partial charge in [0, 0.05) is 52.8 Å². The van der Waals surface area contributed by atoms with Gasteiger partial charge in [-0.25, -0.2) is 4.52 Å². The van der Waals surface area contributed by atoms with Gasteiger partial charge in [0.05, 0.1) is 12.2 Å². The van der Waals surface area contributed by atoms with E-state index < -0.39 is 0 Å². The number of nitrogens with zero attached hydrogens (tertiary/aromatic N) is 6. The minimum atomic E-state index is -0.250. The molecular weight excluding hydrogens is 470 g/mol. The fourth-order valence-corrected chi connectivity index (χ4v) is 5.21. The van der Waals surface area contributed by atoms with Crippen LogP contribution in [0.25, 0.3) is 11.1 Å². The summed E-state index contributed by atoms with van der Waals surface area (Å²) in [7, 11) is 0. The zero-order valence-electron chi connectivity index (χ0n) is 20.7. The van der Waals surface area contributed by atoms with E-state index in [2.05, 4.69) is 29.5 Å². The van der Waals surface area contributed by atoms with Crippen molar-refractivity contribution in [3.05, 3.63) is 65.6 Å². The molecule has 2 N–H and O–H groups in total. The van der Waals surface area contributed by atoms with Gasteiger partial charge in [0.2, 0.25) is 0 Å². The van der Waals surface area contributed by atoms with Crippen LogP contribution in [-0.2, 0) is 0 Å². The maximum absolute atomic E-state index is 9.68. The number of piperidine rings is 1. The van der Waals surface area contributed by atoms with E-state index in [0.29, 0.717) is 29.9 Å². The highest BCUT2D eigenvalue weighted by Crippen LogP contribution is 2.34. The number of ether oxygens (including phenoxy) is 1. The van der Waals surface area contributed by atoms with Crippen LogP contribution >= 0.6 is 11.8 Å². The van der Waals surface area contributed by atoms with Crippen molar-refractivity contribution in [2.24, 2.45) is 10.7 Å². The number of allylic oxidation sites excluding steroid dienone is 1. The molecule has 3 aromatic rings. The average Bonchev–Trinajstić information content (AvgIpc) is 3.33. The molecule has 0 spiro atoms. The Labute approximate surface area is 215 Å². The fourth-order valence-electron chi connectivity index (χ4n) is 4.52. The number of likely N-dealkylation sites (tertiary alicyclic amines) is 1. The molecular formula is C27H29N7OS. The Hall–Kier alpha value is -3.95.